The van der Waals surface area contributed by atoms with Gasteiger partial charge in [0, 0.05) is 29.8 Å². The van der Waals surface area contributed by atoms with Crippen LogP contribution in [0.4, 0.5) is 5.69 Å². The molecular weight excluding hydrogens is 294 g/mol. The lowest BCUT2D eigenvalue weighted by atomic mass is 10.0. The zero-order valence-electron chi connectivity index (χ0n) is 12.8. The molecule has 0 unspecified atom stereocenters. The number of methoxy groups -OCH3 is 1. The minimum atomic E-state index is -0.0362. The van der Waals surface area contributed by atoms with E-state index in [9.17, 15) is 4.79 Å². The van der Waals surface area contributed by atoms with Crippen LogP contribution in [0, 0.1) is 0 Å². The number of hydrogen-bond donors (Lipinski definition) is 0. The Hall–Kier alpha value is -2.95. The number of para-hydroxylation sites is 1. The third kappa shape index (κ3) is 2.04. The van der Waals surface area contributed by atoms with E-state index in [1.165, 1.54) is 0 Å². The number of fused-ring (bicyclic) bond motifs is 2. The normalized spacial score (nSPS) is 16.9. The molecule has 0 atom stereocenters. The number of likely N-dealkylation sites (N-methyl/N-ethyl adjacent to an activating group) is 1. The highest BCUT2D eigenvalue weighted by Crippen LogP contribution is 2.41. The van der Waals surface area contributed by atoms with E-state index in [0.29, 0.717) is 22.8 Å². The van der Waals surface area contributed by atoms with E-state index >= 15 is 0 Å². The molecular formula is C18H15NO4. The molecule has 2 aliphatic rings. The molecule has 2 aromatic carbocycles. The van der Waals surface area contributed by atoms with Crippen molar-refractivity contribution >= 4 is 23.2 Å². The summed E-state index contributed by atoms with van der Waals surface area (Å²) in [7, 11) is 3.37. The predicted molar refractivity (Wildman–Crippen MR) is 86.8 cm³/mol. The highest BCUT2D eigenvalue weighted by atomic mass is 16.7. The first kappa shape index (κ1) is 13.7. The molecule has 2 aliphatic heterocycles. The van der Waals surface area contributed by atoms with Crippen LogP contribution in [-0.2, 0) is 4.79 Å². The lowest BCUT2D eigenvalue weighted by Crippen LogP contribution is -2.20. The van der Waals surface area contributed by atoms with E-state index in [2.05, 4.69) is 0 Å². The van der Waals surface area contributed by atoms with Crippen LogP contribution in [0.5, 0.6) is 17.2 Å². The summed E-state index contributed by atoms with van der Waals surface area (Å²) in [5.41, 5.74) is 3.24. The summed E-state index contributed by atoms with van der Waals surface area (Å²) in [5.74, 6) is 1.91. The second kappa shape index (κ2) is 5.05. The van der Waals surface area contributed by atoms with Crippen molar-refractivity contribution in [3.8, 4) is 17.2 Å². The molecule has 2 heterocycles. The van der Waals surface area contributed by atoms with Gasteiger partial charge in [-0.2, -0.15) is 0 Å². The maximum atomic E-state index is 12.6. The number of carbonyl (C=O) groups is 1. The summed E-state index contributed by atoms with van der Waals surface area (Å²) in [6.07, 6.45) is 1.84. The lowest BCUT2D eigenvalue weighted by Gasteiger charge is -2.08. The van der Waals surface area contributed by atoms with Gasteiger partial charge in [-0.1, -0.05) is 18.2 Å². The number of nitrogens with zero attached hydrogens (tertiary/aromatic N) is 1. The molecule has 0 bridgehead atoms. The summed E-state index contributed by atoms with van der Waals surface area (Å²) in [5, 5.41) is 0. The molecule has 1 amide bonds. The molecule has 0 N–H and O–H groups in total. The maximum absolute atomic E-state index is 12.6. The first-order chi connectivity index (χ1) is 11.2. The summed E-state index contributed by atoms with van der Waals surface area (Å²) < 4.78 is 16.2. The molecule has 0 saturated heterocycles. The van der Waals surface area contributed by atoms with Crippen LogP contribution >= 0.6 is 0 Å². The molecule has 0 aliphatic carbocycles. The minimum absolute atomic E-state index is 0.0362. The fourth-order valence-electron chi connectivity index (χ4n) is 2.92. The van der Waals surface area contributed by atoms with Gasteiger partial charge in [0.2, 0.25) is 6.79 Å². The Morgan fingerprint density at radius 2 is 1.91 bits per heavy atom. The van der Waals surface area contributed by atoms with E-state index in [0.717, 1.165) is 16.8 Å². The number of benzene rings is 2. The number of anilines is 1. The van der Waals surface area contributed by atoms with Gasteiger partial charge in [0.25, 0.3) is 5.91 Å². The van der Waals surface area contributed by atoms with Crippen molar-refractivity contribution in [1.29, 1.82) is 0 Å². The molecule has 23 heavy (non-hydrogen) atoms. The number of carbonyl (C=O) groups excluding carboxylic acids is 1. The highest BCUT2D eigenvalue weighted by Gasteiger charge is 2.29. The first-order valence-electron chi connectivity index (χ1n) is 7.26. The minimum Gasteiger partial charge on any atom is -0.496 e. The van der Waals surface area contributed by atoms with Crippen molar-refractivity contribution in [2.24, 2.45) is 0 Å². The average molecular weight is 309 g/mol. The molecule has 2 aromatic rings. The molecule has 0 saturated carbocycles. The molecule has 5 heteroatoms. The van der Waals surface area contributed by atoms with Gasteiger partial charge in [0.1, 0.15) is 5.75 Å². The zero-order valence-corrected chi connectivity index (χ0v) is 12.8. The van der Waals surface area contributed by atoms with E-state index in [1.807, 2.05) is 36.4 Å². The molecule has 0 fully saturated rings. The summed E-state index contributed by atoms with van der Waals surface area (Å²) in [6.45, 7) is 0.197. The fourth-order valence-corrected chi connectivity index (χ4v) is 2.92. The van der Waals surface area contributed by atoms with Crippen molar-refractivity contribution in [2.75, 3.05) is 25.9 Å². The van der Waals surface area contributed by atoms with Crippen molar-refractivity contribution in [1.82, 2.24) is 0 Å². The summed E-state index contributed by atoms with van der Waals surface area (Å²) in [6, 6.07) is 11.3. The zero-order chi connectivity index (χ0) is 16.0. The van der Waals surface area contributed by atoms with Crippen molar-refractivity contribution in [3.63, 3.8) is 0 Å². The van der Waals surface area contributed by atoms with Gasteiger partial charge in [-0.05, 0) is 18.2 Å². The molecule has 4 rings (SSSR count). The molecule has 0 aromatic heterocycles. The molecule has 0 radical (unpaired) electrons. The van der Waals surface area contributed by atoms with Gasteiger partial charge in [0.15, 0.2) is 11.5 Å². The predicted octanol–water partition coefficient (Wildman–Crippen LogP) is 2.94. The first-order valence-corrected chi connectivity index (χ1v) is 7.26. The van der Waals surface area contributed by atoms with E-state index in [-0.39, 0.29) is 12.7 Å². The monoisotopic (exact) mass is 309 g/mol. The van der Waals surface area contributed by atoms with Gasteiger partial charge in [-0.3, -0.25) is 4.79 Å². The number of ether oxygens (including phenoxy) is 3. The topological polar surface area (TPSA) is 48.0 Å². The maximum Gasteiger partial charge on any atom is 0.258 e. The number of amides is 1. The van der Waals surface area contributed by atoms with Gasteiger partial charge < -0.3 is 19.1 Å². The second-order valence-corrected chi connectivity index (χ2v) is 5.39. The van der Waals surface area contributed by atoms with Crippen LogP contribution in [0.3, 0.4) is 0 Å². The van der Waals surface area contributed by atoms with Crippen molar-refractivity contribution in [2.45, 2.75) is 0 Å². The number of rotatable bonds is 2. The SMILES string of the molecule is COc1cc2c(cc1/C=C1/C(=O)N(C)c3ccccc31)OCO2. The van der Waals surface area contributed by atoms with E-state index < -0.39 is 0 Å². The standard InChI is InChI=1S/C18H15NO4/c1-19-14-6-4-3-5-12(14)13(18(19)20)7-11-8-16-17(23-10-22-16)9-15(11)21-2/h3-9H,10H2,1-2H3/b13-7+. The molecule has 0 spiro atoms. The summed E-state index contributed by atoms with van der Waals surface area (Å²) >= 11 is 0. The number of hydrogen-bond acceptors (Lipinski definition) is 4. The quantitative estimate of drug-likeness (QED) is 0.800. The van der Waals surface area contributed by atoms with Crippen LogP contribution in [0.1, 0.15) is 11.1 Å². The van der Waals surface area contributed by atoms with Gasteiger partial charge in [-0.15, -0.1) is 0 Å². The third-order valence-corrected chi connectivity index (χ3v) is 4.12. The van der Waals surface area contributed by atoms with Crippen molar-refractivity contribution in [3.05, 3.63) is 47.5 Å². The Balaban J connectivity index is 1.87. The molecule has 5 nitrogen and oxygen atoms in total. The van der Waals surface area contributed by atoms with Crippen molar-refractivity contribution < 1.29 is 19.0 Å². The second-order valence-electron chi connectivity index (χ2n) is 5.39. The van der Waals surface area contributed by atoms with Crippen LogP contribution in [0.2, 0.25) is 0 Å². The van der Waals surface area contributed by atoms with Crippen LogP contribution in [-0.4, -0.2) is 26.9 Å². The largest absolute Gasteiger partial charge is 0.496 e. The van der Waals surface area contributed by atoms with Gasteiger partial charge in [0.05, 0.1) is 12.8 Å². The highest BCUT2D eigenvalue weighted by molar-refractivity contribution is 6.35. The van der Waals surface area contributed by atoms with E-state index in [1.54, 1.807) is 25.1 Å². The Morgan fingerprint density at radius 1 is 1.17 bits per heavy atom. The van der Waals surface area contributed by atoms with Gasteiger partial charge in [-0.25, -0.2) is 0 Å². The smallest absolute Gasteiger partial charge is 0.258 e. The lowest BCUT2D eigenvalue weighted by molar-refractivity contribution is -0.112. The summed E-state index contributed by atoms with van der Waals surface area (Å²) in [4.78, 5) is 14.2. The Bertz CT molecular complexity index is 841. The van der Waals surface area contributed by atoms with Crippen LogP contribution in [0.15, 0.2) is 36.4 Å². The third-order valence-electron chi connectivity index (χ3n) is 4.12. The van der Waals surface area contributed by atoms with E-state index in [4.69, 9.17) is 14.2 Å². The van der Waals surface area contributed by atoms with Crippen LogP contribution < -0.4 is 19.1 Å². The Morgan fingerprint density at radius 3 is 2.70 bits per heavy atom. The average Bonchev–Trinajstić information content (AvgIpc) is 3.12. The fraction of sp³-hybridized carbons (Fsp3) is 0.167. The Kier molecular flexibility index (Phi) is 3.01. The van der Waals surface area contributed by atoms with Crippen LogP contribution in [0.25, 0.3) is 11.6 Å². The Labute approximate surface area is 133 Å². The van der Waals surface area contributed by atoms with Gasteiger partial charge >= 0.3 is 0 Å². The molecule has 116 valence electrons.